The fourth-order valence-corrected chi connectivity index (χ4v) is 3.27. The van der Waals surface area contributed by atoms with Crippen LogP contribution in [0.2, 0.25) is 0 Å². The van der Waals surface area contributed by atoms with Crippen molar-refractivity contribution in [2.24, 2.45) is 0 Å². The Morgan fingerprint density at radius 2 is 1.96 bits per heavy atom. The third kappa shape index (κ3) is 3.25. The van der Waals surface area contributed by atoms with Gasteiger partial charge in [-0.2, -0.15) is 0 Å². The monoisotopic (exact) mass is 364 g/mol. The van der Waals surface area contributed by atoms with Crippen molar-refractivity contribution in [2.75, 3.05) is 5.32 Å². The summed E-state index contributed by atoms with van der Waals surface area (Å²) in [5, 5.41) is 5.15. The average molecular weight is 364 g/mol. The molecule has 0 spiro atoms. The second-order valence-electron chi connectivity index (χ2n) is 5.46. The van der Waals surface area contributed by atoms with E-state index < -0.39 is 0 Å². The Balaban J connectivity index is 1.61. The number of anilines is 1. The van der Waals surface area contributed by atoms with Crippen LogP contribution in [-0.2, 0) is 0 Å². The SMILES string of the molecule is O=C(Nc1ccc(F)cc1-n1cccc1)c1csc(-c2ccccn2)n1. The number of pyridine rings is 1. The minimum atomic E-state index is -0.377. The van der Waals surface area contributed by atoms with E-state index in [1.165, 1.54) is 29.5 Å². The van der Waals surface area contributed by atoms with E-state index in [9.17, 15) is 9.18 Å². The van der Waals surface area contributed by atoms with E-state index in [2.05, 4.69) is 15.3 Å². The van der Waals surface area contributed by atoms with Crippen LogP contribution in [0.1, 0.15) is 10.5 Å². The lowest BCUT2D eigenvalue weighted by molar-refractivity contribution is 0.102. The fraction of sp³-hybridized carbons (Fsp3) is 0. The zero-order chi connectivity index (χ0) is 17.9. The summed E-state index contributed by atoms with van der Waals surface area (Å²) in [6.45, 7) is 0. The summed E-state index contributed by atoms with van der Waals surface area (Å²) in [5.74, 6) is -0.735. The Bertz CT molecular complexity index is 1040. The lowest BCUT2D eigenvalue weighted by Crippen LogP contribution is -2.14. The summed E-state index contributed by atoms with van der Waals surface area (Å²) in [4.78, 5) is 21.2. The number of nitrogens with zero attached hydrogens (tertiary/aromatic N) is 3. The summed E-state index contributed by atoms with van der Waals surface area (Å²) in [7, 11) is 0. The number of halogens is 1. The maximum atomic E-state index is 13.6. The summed E-state index contributed by atoms with van der Waals surface area (Å²) in [6, 6.07) is 13.4. The van der Waals surface area contributed by atoms with Gasteiger partial charge in [0.1, 0.15) is 16.5 Å². The molecule has 0 unspecified atom stereocenters. The van der Waals surface area contributed by atoms with Gasteiger partial charge in [0.05, 0.1) is 17.1 Å². The van der Waals surface area contributed by atoms with Gasteiger partial charge in [0, 0.05) is 24.0 Å². The van der Waals surface area contributed by atoms with Gasteiger partial charge in [-0.1, -0.05) is 6.07 Å². The van der Waals surface area contributed by atoms with Crippen LogP contribution in [0, 0.1) is 5.82 Å². The first-order valence-corrected chi connectivity index (χ1v) is 8.70. The predicted molar refractivity (Wildman–Crippen MR) is 99.0 cm³/mol. The zero-order valence-corrected chi connectivity index (χ0v) is 14.3. The molecule has 4 rings (SSSR count). The molecule has 0 aliphatic heterocycles. The topological polar surface area (TPSA) is 59.8 Å². The normalized spacial score (nSPS) is 10.7. The van der Waals surface area contributed by atoms with Crippen molar-refractivity contribution in [2.45, 2.75) is 0 Å². The number of carbonyl (C=O) groups is 1. The van der Waals surface area contributed by atoms with E-state index in [1.54, 1.807) is 28.5 Å². The molecular weight excluding hydrogens is 351 g/mol. The summed E-state index contributed by atoms with van der Waals surface area (Å²) >= 11 is 1.35. The average Bonchev–Trinajstić information content (AvgIpc) is 3.36. The number of carbonyl (C=O) groups excluding carboxylic acids is 1. The molecule has 0 aliphatic carbocycles. The molecule has 0 saturated carbocycles. The standard InChI is InChI=1S/C19H13FN4OS/c20-13-6-7-14(17(11-13)24-9-3-4-10-24)22-18(25)16-12-26-19(23-16)15-5-1-2-8-21-15/h1-12H,(H,22,25). The largest absolute Gasteiger partial charge is 0.322 e. The van der Waals surface area contributed by atoms with Crippen LogP contribution < -0.4 is 5.32 Å². The van der Waals surface area contributed by atoms with Gasteiger partial charge in [0.25, 0.3) is 5.91 Å². The molecule has 3 aromatic heterocycles. The molecule has 3 heterocycles. The number of benzene rings is 1. The first-order valence-electron chi connectivity index (χ1n) is 7.82. The first kappa shape index (κ1) is 16.2. The van der Waals surface area contributed by atoms with Crippen molar-refractivity contribution >= 4 is 22.9 Å². The van der Waals surface area contributed by atoms with Crippen molar-refractivity contribution in [1.29, 1.82) is 0 Å². The predicted octanol–water partition coefficient (Wildman–Crippen LogP) is 4.39. The van der Waals surface area contributed by atoms with Crippen molar-refractivity contribution in [3.05, 3.63) is 84.0 Å². The minimum Gasteiger partial charge on any atom is -0.322 e. The number of hydrogen-bond donors (Lipinski definition) is 1. The Morgan fingerprint density at radius 1 is 1.12 bits per heavy atom. The number of amides is 1. The van der Waals surface area contributed by atoms with Crippen molar-refractivity contribution in [1.82, 2.24) is 14.5 Å². The van der Waals surface area contributed by atoms with E-state index >= 15 is 0 Å². The van der Waals surface area contributed by atoms with E-state index in [4.69, 9.17) is 0 Å². The molecule has 26 heavy (non-hydrogen) atoms. The molecule has 128 valence electrons. The summed E-state index contributed by atoms with van der Waals surface area (Å²) in [5.41, 5.74) is 2.05. The molecular formula is C19H13FN4OS. The van der Waals surface area contributed by atoms with Gasteiger partial charge in [-0.25, -0.2) is 9.37 Å². The number of nitrogens with one attached hydrogen (secondary N) is 1. The highest BCUT2D eigenvalue weighted by Crippen LogP contribution is 2.25. The number of thiazole rings is 1. The lowest BCUT2D eigenvalue weighted by atomic mass is 10.2. The summed E-state index contributed by atoms with van der Waals surface area (Å²) in [6.07, 6.45) is 5.25. The number of hydrogen-bond acceptors (Lipinski definition) is 4. The van der Waals surface area contributed by atoms with Crippen LogP contribution in [0.5, 0.6) is 0 Å². The second kappa shape index (κ2) is 6.89. The van der Waals surface area contributed by atoms with Crippen molar-refractivity contribution in [3.8, 4) is 16.4 Å². The Kier molecular flexibility index (Phi) is 4.28. The molecule has 1 amide bonds. The molecule has 0 saturated heterocycles. The van der Waals surface area contributed by atoms with Gasteiger partial charge < -0.3 is 9.88 Å². The van der Waals surface area contributed by atoms with Crippen LogP contribution in [0.15, 0.2) is 72.5 Å². The molecule has 5 nitrogen and oxygen atoms in total. The highest BCUT2D eigenvalue weighted by molar-refractivity contribution is 7.13. The quantitative estimate of drug-likeness (QED) is 0.584. The third-order valence-electron chi connectivity index (χ3n) is 3.71. The van der Waals surface area contributed by atoms with Gasteiger partial charge in [-0.15, -0.1) is 11.3 Å². The molecule has 0 radical (unpaired) electrons. The molecule has 4 aromatic rings. The maximum absolute atomic E-state index is 13.6. The zero-order valence-electron chi connectivity index (χ0n) is 13.5. The Hall–Kier alpha value is -3.32. The molecule has 1 N–H and O–H groups in total. The highest BCUT2D eigenvalue weighted by Gasteiger charge is 2.15. The summed E-state index contributed by atoms with van der Waals surface area (Å²) < 4.78 is 15.4. The second-order valence-corrected chi connectivity index (χ2v) is 6.32. The molecule has 0 atom stereocenters. The Morgan fingerprint density at radius 3 is 2.73 bits per heavy atom. The van der Waals surface area contributed by atoms with Crippen LogP contribution in [0.3, 0.4) is 0 Å². The van der Waals surface area contributed by atoms with Gasteiger partial charge in [0.2, 0.25) is 0 Å². The van der Waals surface area contributed by atoms with E-state index in [1.807, 2.05) is 30.3 Å². The number of rotatable bonds is 4. The molecule has 0 fully saturated rings. The molecule has 0 bridgehead atoms. The lowest BCUT2D eigenvalue weighted by Gasteiger charge is -2.11. The third-order valence-corrected chi connectivity index (χ3v) is 4.58. The fourth-order valence-electron chi connectivity index (χ4n) is 2.49. The highest BCUT2D eigenvalue weighted by atomic mass is 32.1. The number of aromatic nitrogens is 3. The Labute approximate surface area is 152 Å². The van der Waals surface area contributed by atoms with Crippen LogP contribution in [0.4, 0.5) is 10.1 Å². The smallest absolute Gasteiger partial charge is 0.275 e. The molecule has 1 aromatic carbocycles. The van der Waals surface area contributed by atoms with Crippen LogP contribution in [-0.4, -0.2) is 20.4 Å². The first-order chi connectivity index (χ1) is 12.7. The van der Waals surface area contributed by atoms with E-state index in [0.717, 1.165) is 0 Å². The molecule has 7 heteroatoms. The maximum Gasteiger partial charge on any atom is 0.275 e. The van der Waals surface area contributed by atoms with Gasteiger partial charge in [-0.05, 0) is 42.5 Å². The van der Waals surface area contributed by atoms with Crippen LogP contribution >= 0.6 is 11.3 Å². The van der Waals surface area contributed by atoms with E-state index in [-0.39, 0.29) is 11.7 Å². The van der Waals surface area contributed by atoms with Gasteiger partial charge in [0.15, 0.2) is 0 Å². The molecule has 0 aliphatic rings. The van der Waals surface area contributed by atoms with Crippen molar-refractivity contribution < 1.29 is 9.18 Å². The van der Waals surface area contributed by atoms with Gasteiger partial charge >= 0.3 is 0 Å². The van der Waals surface area contributed by atoms with Crippen molar-refractivity contribution in [3.63, 3.8) is 0 Å². The minimum absolute atomic E-state index is 0.290. The van der Waals surface area contributed by atoms with Crippen LogP contribution in [0.25, 0.3) is 16.4 Å². The van der Waals surface area contributed by atoms with E-state index in [0.29, 0.717) is 27.8 Å². The van der Waals surface area contributed by atoms with Gasteiger partial charge in [-0.3, -0.25) is 9.78 Å².